The lowest BCUT2D eigenvalue weighted by molar-refractivity contribution is 0.341. The Labute approximate surface area is 86.3 Å². The summed E-state index contributed by atoms with van der Waals surface area (Å²) >= 11 is 1.50. The van der Waals surface area contributed by atoms with E-state index in [0.29, 0.717) is 6.61 Å². The summed E-state index contributed by atoms with van der Waals surface area (Å²) in [6, 6.07) is 5.71. The van der Waals surface area contributed by atoms with E-state index >= 15 is 0 Å². The van der Waals surface area contributed by atoms with Gasteiger partial charge in [0.25, 0.3) is 0 Å². The number of benzene rings is 1. The molecule has 2 aromatic rings. The summed E-state index contributed by atoms with van der Waals surface area (Å²) in [6.07, 6.45) is 0. The van der Waals surface area contributed by atoms with Crippen molar-refractivity contribution in [3.05, 3.63) is 18.2 Å². The first-order valence-electron chi connectivity index (χ1n) is 4.42. The van der Waals surface area contributed by atoms with Crippen LogP contribution >= 0.6 is 11.3 Å². The summed E-state index contributed by atoms with van der Waals surface area (Å²) in [5.41, 5.74) is 12.3. The Balaban J connectivity index is 2.59. The highest BCUT2D eigenvalue weighted by Gasteiger charge is 2.05. The third-order valence-corrected chi connectivity index (χ3v) is 2.98. The topological polar surface area (TPSA) is 61.3 Å². The van der Waals surface area contributed by atoms with E-state index in [-0.39, 0.29) is 0 Å². The SMILES string of the molecule is CCOc1cc(N)c2sc(N)cc2c1. The number of anilines is 2. The van der Waals surface area contributed by atoms with Gasteiger partial charge in [-0.3, -0.25) is 0 Å². The van der Waals surface area contributed by atoms with E-state index in [4.69, 9.17) is 16.2 Å². The molecule has 4 N–H and O–H groups in total. The van der Waals surface area contributed by atoms with E-state index in [1.165, 1.54) is 11.3 Å². The van der Waals surface area contributed by atoms with Gasteiger partial charge < -0.3 is 16.2 Å². The largest absolute Gasteiger partial charge is 0.494 e. The Kier molecular flexibility index (Phi) is 2.21. The first-order chi connectivity index (χ1) is 6.70. The Morgan fingerprint density at radius 1 is 1.29 bits per heavy atom. The molecule has 0 unspecified atom stereocenters. The number of ether oxygens (including phenoxy) is 1. The van der Waals surface area contributed by atoms with Crippen molar-refractivity contribution < 1.29 is 4.74 Å². The van der Waals surface area contributed by atoms with Crippen molar-refractivity contribution >= 4 is 32.1 Å². The Bertz CT molecular complexity index is 464. The quantitative estimate of drug-likeness (QED) is 0.745. The molecule has 1 aromatic carbocycles. The fourth-order valence-corrected chi connectivity index (χ4v) is 2.26. The molecule has 0 radical (unpaired) electrons. The molecule has 74 valence electrons. The molecule has 0 aliphatic rings. The van der Waals surface area contributed by atoms with Crippen LogP contribution in [0.3, 0.4) is 0 Å². The average molecular weight is 208 g/mol. The summed E-state index contributed by atoms with van der Waals surface area (Å²) in [7, 11) is 0. The molecule has 0 saturated heterocycles. The van der Waals surface area contributed by atoms with Crippen molar-refractivity contribution in [3.8, 4) is 5.75 Å². The zero-order valence-electron chi connectivity index (χ0n) is 7.91. The van der Waals surface area contributed by atoms with Crippen LogP contribution in [0.5, 0.6) is 5.75 Å². The Hall–Kier alpha value is -1.42. The van der Waals surface area contributed by atoms with Crippen LogP contribution in [-0.2, 0) is 0 Å². The summed E-state index contributed by atoms with van der Waals surface area (Å²) in [4.78, 5) is 0. The Morgan fingerprint density at radius 2 is 2.07 bits per heavy atom. The lowest BCUT2D eigenvalue weighted by Gasteiger charge is -2.04. The number of fused-ring (bicyclic) bond motifs is 1. The van der Waals surface area contributed by atoms with Crippen molar-refractivity contribution in [1.29, 1.82) is 0 Å². The van der Waals surface area contributed by atoms with Crippen molar-refractivity contribution in [3.63, 3.8) is 0 Å². The second kappa shape index (κ2) is 3.38. The van der Waals surface area contributed by atoms with Gasteiger partial charge in [0, 0.05) is 11.5 Å². The molecule has 0 atom stereocenters. The molecule has 0 bridgehead atoms. The van der Waals surface area contributed by atoms with Crippen LogP contribution in [0.2, 0.25) is 0 Å². The van der Waals surface area contributed by atoms with E-state index in [2.05, 4.69) is 0 Å². The van der Waals surface area contributed by atoms with E-state index in [9.17, 15) is 0 Å². The number of thiophene rings is 1. The summed E-state index contributed by atoms with van der Waals surface area (Å²) < 4.78 is 6.42. The number of nitrogen functional groups attached to an aromatic ring is 2. The zero-order chi connectivity index (χ0) is 10.1. The van der Waals surface area contributed by atoms with E-state index < -0.39 is 0 Å². The maximum atomic E-state index is 5.88. The first kappa shape index (κ1) is 9.15. The average Bonchev–Trinajstić information content (AvgIpc) is 2.47. The van der Waals surface area contributed by atoms with Gasteiger partial charge in [-0.15, -0.1) is 11.3 Å². The minimum Gasteiger partial charge on any atom is -0.494 e. The van der Waals surface area contributed by atoms with Crippen LogP contribution in [0.15, 0.2) is 18.2 Å². The van der Waals surface area contributed by atoms with Crippen LogP contribution in [0, 0.1) is 0 Å². The molecule has 14 heavy (non-hydrogen) atoms. The normalized spacial score (nSPS) is 10.6. The lowest BCUT2D eigenvalue weighted by atomic mass is 10.2. The molecule has 0 aliphatic carbocycles. The van der Waals surface area contributed by atoms with Crippen LogP contribution in [0.25, 0.3) is 10.1 Å². The van der Waals surface area contributed by atoms with Crippen LogP contribution in [-0.4, -0.2) is 6.61 Å². The molecule has 2 rings (SSSR count). The predicted molar refractivity (Wildman–Crippen MR) is 61.8 cm³/mol. The molecule has 0 saturated carbocycles. The molecule has 3 nitrogen and oxygen atoms in total. The highest BCUT2D eigenvalue weighted by molar-refractivity contribution is 7.23. The number of hydrogen-bond donors (Lipinski definition) is 2. The van der Waals surface area contributed by atoms with E-state index in [1.54, 1.807) is 0 Å². The standard InChI is InChI=1S/C10H12N2OS/c1-2-13-7-3-6-4-9(12)14-10(6)8(11)5-7/h3-5H,2,11-12H2,1H3. The molecule has 1 aromatic heterocycles. The predicted octanol–water partition coefficient (Wildman–Crippen LogP) is 2.46. The van der Waals surface area contributed by atoms with Gasteiger partial charge in [-0.25, -0.2) is 0 Å². The molecule has 0 aliphatic heterocycles. The van der Waals surface area contributed by atoms with Gasteiger partial charge in [-0.2, -0.15) is 0 Å². The number of rotatable bonds is 2. The van der Waals surface area contributed by atoms with Crippen LogP contribution in [0.4, 0.5) is 10.7 Å². The maximum absolute atomic E-state index is 5.88. The minimum absolute atomic E-state index is 0.643. The second-order valence-electron chi connectivity index (χ2n) is 3.01. The zero-order valence-corrected chi connectivity index (χ0v) is 8.73. The van der Waals surface area contributed by atoms with Gasteiger partial charge in [0.2, 0.25) is 0 Å². The Morgan fingerprint density at radius 3 is 2.79 bits per heavy atom. The summed E-state index contributed by atoms with van der Waals surface area (Å²) in [6.45, 7) is 2.59. The van der Waals surface area contributed by atoms with Crippen LogP contribution < -0.4 is 16.2 Å². The molecule has 4 heteroatoms. The number of nitrogens with two attached hydrogens (primary N) is 2. The van der Waals surface area contributed by atoms with Crippen LogP contribution in [0.1, 0.15) is 6.92 Å². The highest BCUT2D eigenvalue weighted by atomic mass is 32.1. The van der Waals surface area contributed by atoms with Gasteiger partial charge in [-0.1, -0.05) is 0 Å². The third kappa shape index (κ3) is 1.48. The lowest BCUT2D eigenvalue weighted by Crippen LogP contribution is -1.92. The van der Waals surface area contributed by atoms with Gasteiger partial charge in [0.1, 0.15) is 5.75 Å². The van der Waals surface area contributed by atoms with Gasteiger partial charge >= 0.3 is 0 Å². The molecule has 1 heterocycles. The van der Waals surface area contributed by atoms with E-state index in [0.717, 1.165) is 26.5 Å². The third-order valence-electron chi connectivity index (χ3n) is 1.95. The van der Waals surface area contributed by atoms with Crippen molar-refractivity contribution in [1.82, 2.24) is 0 Å². The fourth-order valence-electron chi connectivity index (χ4n) is 1.42. The molecular weight excluding hydrogens is 196 g/mol. The maximum Gasteiger partial charge on any atom is 0.122 e. The van der Waals surface area contributed by atoms with Gasteiger partial charge in [0.15, 0.2) is 0 Å². The number of hydrogen-bond acceptors (Lipinski definition) is 4. The molecule has 0 fully saturated rings. The van der Waals surface area contributed by atoms with E-state index in [1.807, 2.05) is 25.1 Å². The fraction of sp³-hybridized carbons (Fsp3) is 0.200. The molecule has 0 spiro atoms. The summed E-state index contributed by atoms with van der Waals surface area (Å²) in [5, 5.41) is 1.83. The highest BCUT2D eigenvalue weighted by Crippen LogP contribution is 2.35. The second-order valence-corrected chi connectivity index (χ2v) is 4.10. The smallest absolute Gasteiger partial charge is 0.122 e. The first-order valence-corrected chi connectivity index (χ1v) is 5.23. The molecular formula is C10H12N2OS. The van der Waals surface area contributed by atoms with Gasteiger partial charge in [0.05, 0.1) is 22.0 Å². The van der Waals surface area contributed by atoms with Crippen molar-refractivity contribution in [2.75, 3.05) is 18.1 Å². The summed E-state index contributed by atoms with van der Waals surface area (Å²) in [5.74, 6) is 0.801. The van der Waals surface area contributed by atoms with Crippen molar-refractivity contribution in [2.45, 2.75) is 6.92 Å². The molecule has 0 amide bonds. The van der Waals surface area contributed by atoms with Gasteiger partial charge in [-0.05, 0) is 19.1 Å². The minimum atomic E-state index is 0.643. The van der Waals surface area contributed by atoms with Crippen molar-refractivity contribution in [2.24, 2.45) is 0 Å². The monoisotopic (exact) mass is 208 g/mol.